The number of hydrogen-bond acceptors (Lipinski definition) is 5. The van der Waals surface area contributed by atoms with Crippen molar-refractivity contribution in [2.75, 3.05) is 19.5 Å². The summed E-state index contributed by atoms with van der Waals surface area (Å²) in [7, 11) is 3.03. The van der Waals surface area contributed by atoms with Gasteiger partial charge >= 0.3 is 0 Å². The van der Waals surface area contributed by atoms with Crippen molar-refractivity contribution in [3.8, 4) is 17.2 Å². The van der Waals surface area contributed by atoms with Gasteiger partial charge in [-0.2, -0.15) is 0 Å². The Kier molecular flexibility index (Phi) is 6.67. The summed E-state index contributed by atoms with van der Waals surface area (Å²) < 4.78 is 29.6. The lowest BCUT2D eigenvalue weighted by Gasteiger charge is -2.22. The zero-order chi connectivity index (χ0) is 24.2. The van der Waals surface area contributed by atoms with Crippen LogP contribution in [0.25, 0.3) is 0 Å². The maximum Gasteiger partial charge on any atom is 0.263 e. The fraction of sp³-hybridized carbons (Fsp3) is 0.231. The van der Waals surface area contributed by atoms with Crippen LogP contribution in [0.15, 0.2) is 60.7 Å². The third kappa shape index (κ3) is 5.11. The molecular weight excluding hydrogens is 439 g/mol. The molecule has 1 atom stereocenters. The van der Waals surface area contributed by atoms with E-state index in [2.05, 4.69) is 5.32 Å². The molecule has 1 aliphatic rings. The number of benzene rings is 3. The summed E-state index contributed by atoms with van der Waals surface area (Å²) in [5, 5.41) is 2.87. The summed E-state index contributed by atoms with van der Waals surface area (Å²) in [5.74, 6) is 0.743. The van der Waals surface area contributed by atoms with Crippen molar-refractivity contribution >= 4 is 17.5 Å². The van der Waals surface area contributed by atoms with Crippen LogP contribution in [0.5, 0.6) is 17.2 Å². The molecule has 1 heterocycles. The van der Waals surface area contributed by atoms with Gasteiger partial charge in [0.1, 0.15) is 23.1 Å². The Bertz CT molecular complexity index is 1190. The average molecular weight is 464 g/mol. The number of ether oxygens (including phenoxy) is 3. The fourth-order valence-electron chi connectivity index (χ4n) is 3.76. The van der Waals surface area contributed by atoms with E-state index in [-0.39, 0.29) is 24.2 Å². The van der Waals surface area contributed by atoms with Crippen molar-refractivity contribution in [2.45, 2.75) is 26.1 Å². The van der Waals surface area contributed by atoms with Gasteiger partial charge in [0.2, 0.25) is 0 Å². The molecule has 0 fully saturated rings. The van der Waals surface area contributed by atoms with Crippen LogP contribution >= 0.6 is 0 Å². The normalized spacial score (nSPS) is 15.1. The van der Waals surface area contributed by atoms with Crippen LogP contribution in [0.3, 0.4) is 0 Å². The van der Waals surface area contributed by atoms with Gasteiger partial charge in [0.15, 0.2) is 6.10 Å². The van der Waals surface area contributed by atoms with Crippen LogP contribution < -0.4 is 19.5 Å². The van der Waals surface area contributed by atoms with Gasteiger partial charge in [-0.05, 0) is 55.0 Å². The SMILES string of the molecule is COc1cc(OC)cc(C(=O)Nc2ccc3c(c2)CN(Cc2ccc(F)cc2)C(=O)C(C)O3)c1. The predicted octanol–water partition coefficient (Wildman–Crippen LogP) is 4.40. The number of nitrogens with one attached hydrogen (secondary N) is 1. The molecule has 1 aliphatic heterocycles. The molecule has 0 aromatic heterocycles. The highest BCUT2D eigenvalue weighted by molar-refractivity contribution is 6.05. The van der Waals surface area contributed by atoms with Gasteiger partial charge in [0.05, 0.1) is 14.2 Å². The van der Waals surface area contributed by atoms with E-state index >= 15 is 0 Å². The number of methoxy groups -OCH3 is 2. The molecule has 0 saturated heterocycles. The quantitative estimate of drug-likeness (QED) is 0.585. The molecule has 1 unspecified atom stereocenters. The minimum absolute atomic E-state index is 0.172. The molecule has 176 valence electrons. The van der Waals surface area contributed by atoms with E-state index in [1.165, 1.54) is 26.4 Å². The van der Waals surface area contributed by atoms with Gasteiger partial charge in [-0.25, -0.2) is 4.39 Å². The van der Waals surface area contributed by atoms with Gasteiger partial charge < -0.3 is 24.4 Å². The molecule has 4 rings (SSSR count). The van der Waals surface area contributed by atoms with E-state index in [1.54, 1.807) is 60.4 Å². The fourth-order valence-corrected chi connectivity index (χ4v) is 3.76. The molecule has 8 heteroatoms. The van der Waals surface area contributed by atoms with Crippen molar-refractivity contribution < 1.29 is 28.2 Å². The van der Waals surface area contributed by atoms with Crippen molar-refractivity contribution in [1.82, 2.24) is 4.90 Å². The van der Waals surface area contributed by atoms with Crippen LogP contribution in [0, 0.1) is 5.82 Å². The van der Waals surface area contributed by atoms with Gasteiger partial charge in [0.25, 0.3) is 11.8 Å². The molecule has 0 saturated carbocycles. The number of fused-ring (bicyclic) bond motifs is 1. The monoisotopic (exact) mass is 464 g/mol. The van der Waals surface area contributed by atoms with E-state index in [4.69, 9.17) is 14.2 Å². The second kappa shape index (κ2) is 9.82. The second-order valence-corrected chi connectivity index (χ2v) is 7.96. The van der Waals surface area contributed by atoms with E-state index in [1.807, 2.05) is 0 Å². The van der Waals surface area contributed by atoms with Gasteiger partial charge in [-0.15, -0.1) is 0 Å². The first-order valence-electron chi connectivity index (χ1n) is 10.7. The number of hydrogen-bond donors (Lipinski definition) is 1. The molecule has 0 spiro atoms. The van der Waals surface area contributed by atoms with Crippen LogP contribution in [0.2, 0.25) is 0 Å². The third-order valence-corrected chi connectivity index (χ3v) is 5.54. The van der Waals surface area contributed by atoms with Crippen LogP contribution in [-0.4, -0.2) is 37.0 Å². The minimum Gasteiger partial charge on any atom is -0.497 e. The number of halogens is 1. The third-order valence-electron chi connectivity index (χ3n) is 5.54. The van der Waals surface area contributed by atoms with Gasteiger partial charge in [-0.1, -0.05) is 12.1 Å². The highest BCUT2D eigenvalue weighted by Gasteiger charge is 2.28. The highest BCUT2D eigenvalue weighted by Crippen LogP contribution is 2.30. The molecule has 3 aromatic rings. The molecule has 0 radical (unpaired) electrons. The Labute approximate surface area is 197 Å². The van der Waals surface area contributed by atoms with Crippen molar-refractivity contribution in [3.05, 3.63) is 83.2 Å². The first kappa shape index (κ1) is 23.1. The lowest BCUT2D eigenvalue weighted by Crippen LogP contribution is -2.37. The van der Waals surface area contributed by atoms with E-state index in [0.29, 0.717) is 35.0 Å². The summed E-state index contributed by atoms with van der Waals surface area (Å²) in [6, 6.07) is 16.2. The number of rotatable bonds is 6. The van der Waals surface area contributed by atoms with Crippen LogP contribution in [0.4, 0.5) is 10.1 Å². The Balaban J connectivity index is 1.56. The number of carbonyl (C=O) groups is 2. The first-order valence-corrected chi connectivity index (χ1v) is 10.7. The number of nitrogens with zero attached hydrogens (tertiary/aromatic N) is 1. The molecule has 0 aliphatic carbocycles. The number of amides is 2. The first-order chi connectivity index (χ1) is 16.4. The minimum atomic E-state index is -0.675. The number of anilines is 1. The molecule has 7 nitrogen and oxygen atoms in total. The summed E-state index contributed by atoms with van der Waals surface area (Å²) in [4.78, 5) is 27.4. The van der Waals surface area contributed by atoms with Crippen molar-refractivity contribution in [1.29, 1.82) is 0 Å². The zero-order valence-corrected chi connectivity index (χ0v) is 19.1. The van der Waals surface area contributed by atoms with E-state index < -0.39 is 6.10 Å². The summed E-state index contributed by atoms with van der Waals surface area (Å²) in [6.45, 7) is 2.29. The molecule has 1 N–H and O–H groups in total. The Morgan fingerprint density at radius 3 is 2.38 bits per heavy atom. The largest absolute Gasteiger partial charge is 0.497 e. The molecule has 2 amide bonds. The van der Waals surface area contributed by atoms with Crippen molar-refractivity contribution in [3.63, 3.8) is 0 Å². The average Bonchev–Trinajstić information content (AvgIpc) is 2.96. The van der Waals surface area contributed by atoms with Crippen LogP contribution in [-0.2, 0) is 17.9 Å². The second-order valence-electron chi connectivity index (χ2n) is 7.96. The summed E-state index contributed by atoms with van der Waals surface area (Å²) in [5.41, 5.74) is 2.49. The smallest absolute Gasteiger partial charge is 0.263 e. The maximum atomic E-state index is 13.3. The number of carbonyl (C=O) groups excluding carboxylic acids is 2. The molecular formula is C26H25FN2O5. The van der Waals surface area contributed by atoms with Gasteiger partial charge in [-0.3, -0.25) is 9.59 Å². The molecule has 34 heavy (non-hydrogen) atoms. The Hall–Kier alpha value is -4.07. The lowest BCUT2D eigenvalue weighted by atomic mass is 10.1. The maximum absolute atomic E-state index is 13.3. The highest BCUT2D eigenvalue weighted by atomic mass is 19.1. The Morgan fingerprint density at radius 1 is 1.06 bits per heavy atom. The van der Waals surface area contributed by atoms with E-state index in [0.717, 1.165) is 11.1 Å². The molecule has 0 bridgehead atoms. The standard InChI is InChI=1S/C26H25FN2O5/c1-16-26(31)29(14-17-4-6-20(27)7-5-17)15-19-10-21(8-9-24(19)34-16)28-25(30)18-11-22(32-2)13-23(12-18)33-3/h4-13,16H,14-15H2,1-3H3,(H,28,30). The topological polar surface area (TPSA) is 77.1 Å². The predicted molar refractivity (Wildman–Crippen MR) is 125 cm³/mol. The zero-order valence-electron chi connectivity index (χ0n) is 19.1. The van der Waals surface area contributed by atoms with Gasteiger partial charge in [0, 0.05) is 36.0 Å². The summed E-state index contributed by atoms with van der Waals surface area (Å²) >= 11 is 0. The van der Waals surface area contributed by atoms with Crippen molar-refractivity contribution in [2.24, 2.45) is 0 Å². The summed E-state index contributed by atoms with van der Waals surface area (Å²) in [6.07, 6.45) is -0.675. The van der Waals surface area contributed by atoms with Crippen LogP contribution in [0.1, 0.15) is 28.4 Å². The van der Waals surface area contributed by atoms with E-state index in [9.17, 15) is 14.0 Å². The molecule has 3 aromatic carbocycles. The lowest BCUT2D eigenvalue weighted by molar-refractivity contribution is -0.138. The Morgan fingerprint density at radius 2 is 1.74 bits per heavy atom.